The molecule has 7 heteroatoms. The quantitative estimate of drug-likeness (QED) is 0.785. The molecule has 0 aliphatic rings. The van der Waals surface area contributed by atoms with Crippen LogP contribution in [0.15, 0.2) is 40.0 Å². The van der Waals surface area contributed by atoms with Gasteiger partial charge in [0.25, 0.3) is 0 Å². The second-order valence-electron chi connectivity index (χ2n) is 4.07. The molecule has 0 amide bonds. The van der Waals surface area contributed by atoms with Gasteiger partial charge in [-0.2, -0.15) is 0 Å². The summed E-state index contributed by atoms with van der Waals surface area (Å²) in [4.78, 5) is 3.92. The van der Waals surface area contributed by atoms with Gasteiger partial charge in [0.1, 0.15) is 21.1 Å². The molecule has 3 nitrogen and oxygen atoms in total. The highest BCUT2D eigenvalue weighted by Crippen LogP contribution is 2.28. The number of hydrogen-bond acceptors (Lipinski definition) is 3. The maximum atomic E-state index is 13.2. The van der Waals surface area contributed by atoms with Gasteiger partial charge < -0.3 is 0 Å². The maximum absolute atomic E-state index is 13.2. The molecule has 0 saturated carbocycles. The summed E-state index contributed by atoms with van der Waals surface area (Å²) in [7, 11) is -3.48. The minimum Gasteiger partial charge on any atom is -0.247 e. The van der Waals surface area contributed by atoms with Crippen molar-refractivity contribution >= 4 is 25.8 Å². The molecule has 1 heterocycles. The van der Waals surface area contributed by atoms with Crippen molar-refractivity contribution < 1.29 is 17.2 Å². The number of sulfone groups is 1. The Morgan fingerprint density at radius 3 is 2.25 bits per heavy atom. The van der Waals surface area contributed by atoms with Gasteiger partial charge in [-0.05, 0) is 39.7 Å². The Hall–Kier alpha value is -1.34. The standard InChI is InChI=1S/C13H10BrF2NO2S/c1-2-20(18,19)12-5-9(7-17-13(12)14)8-3-10(15)6-11(16)4-8/h3-7H,2H2,1H3. The lowest BCUT2D eigenvalue weighted by Crippen LogP contribution is -2.05. The van der Waals surface area contributed by atoms with E-state index in [-0.39, 0.29) is 20.8 Å². The van der Waals surface area contributed by atoms with Gasteiger partial charge in [0, 0.05) is 17.8 Å². The van der Waals surface area contributed by atoms with Gasteiger partial charge >= 0.3 is 0 Å². The highest BCUT2D eigenvalue weighted by atomic mass is 79.9. The van der Waals surface area contributed by atoms with Crippen molar-refractivity contribution in [3.05, 3.63) is 46.7 Å². The highest BCUT2D eigenvalue weighted by molar-refractivity contribution is 9.10. The Labute approximate surface area is 123 Å². The molecule has 0 aliphatic carbocycles. The molecule has 0 aliphatic heterocycles. The van der Waals surface area contributed by atoms with Crippen LogP contribution in [-0.4, -0.2) is 19.2 Å². The van der Waals surface area contributed by atoms with Crippen LogP contribution in [0.4, 0.5) is 8.78 Å². The second kappa shape index (κ2) is 5.57. The lowest BCUT2D eigenvalue weighted by molar-refractivity contribution is 0.584. The summed E-state index contributed by atoms with van der Waals surface area (Å²) in [6, 6.07) is 4.34. The molecule has 0 spiro atoms. The molecule has 2 aromatic rings. The van der Waals surface area contributed by atoms with Crippen molar-refractivity contribution in [2.75, 3.05) is 5.75 Å². The van der Waals surface area contributed by atoms with E-state index in [0.717, 1.165) is 18.2 Å². The van der Waals surface area contributed by atoms with Crippen LogP contribution in [0.2, 0.25) is 0 Å². The molecule has 0 bridgehead atoms. The van der Waals surface area contributed by atoms with Crippen LogP contribution in [-0.2, 0) is 9.84 Å². The SMILES string of the molecule is CCS(=O)(=O)c1cc(-c2cc(F)cc(F)c2)cnc1Br. The van der Waals surface area contributed by atoms with Gasteiger partial charge in [-0.1, -0.05) is 6.92 Å². The summed E-state index contributed by atoms with van der Waals surface area (Å²) < 4.78 is 50.4. The third-order valence-corrected chi connectivity index (χ3v) is 5.35. The number of aromatic nitrogens is 1. The average molecular weight is 362 g/mol. The predicted molar refractivity (Wildman–Crippen MR) is 75.0 cm³/mol. The molecule has 0 unspecified atom stereocenters. The Kier molecular flexibility index (Phi) is 4.19. The van der Waals surface area contributed by atoms with Crippen molar-refractivity contribution in [1.82, 2.24) is 4.98 Å². The number of benzene rings is 1. The maximum Gasteiger partial charge on any atom is 0.180 e. The van der Waals surface area contributed by atoms with Crippen LogP contribution in [0.3, 0.4) is 0 Å². The first kappa shape index (κ1) is 15.1. The number of nitrogens with zero attached hydrogens (tertiary/aromatic N) is 1. The molecular formula is C13H10BrF2NO2S. The van der Waals surface area contributed by atoms with Crippen molar-refractivity contribution in [1.29, 1.82) is 0 Å². The van der Waals surface area contributed by atoms with Crippen LogP contribution in [0, 0.1) is 11.6 Å². The zero-order chi connectivity index (χ0) is 14.9. The van der Waals surface area contributed by atoms with E-state index in [4.69, 9.17) is 0 Å². The minimum atomic E-state index is -3.48. The molecule has 0 fully saturated rings. The lowest BCUT2D eigenvalue weighted by Gasteiger charge is -2.07. The normalized spacial score (nSPS) is 11.6. The molecule has 1 aromatic heterocycles. The molecule has 106 valence electrons. The monoisotopic (exact) mass is 361 g/mol. The van der Waals surface area contributed by atoms with Gasteiger partial charge in [-0.3, -0.25) is 0 Å². The zero-order valence-electron chi connectivity index (χ0n) is 10.4. The van der Waals surface area contributed by atoms with Gasteiger partial charge in [-0.25, -0.2) is 22.2 Å². The van der Waals surface area contributed by atoms with E-state index in [0.29, 0.717) is 5.56 Å². The van der Waals surface area contributed by atoms with E-state index in [1.807, 2.05) is 0 Å². The molecule has 0 N–H and O–H groups in total. The smallest absolute Gasteiger partial charge is 0.180 e. The van der Waals surface area contributed by atoms with Crippen LogP contribution >= 0.6 is 15.9 Å². The fraction of sp³-hybridized carbons (Fsp3) is 0.154. The minimum absolute atomic E-state index is 0.00201. The first-order valence-electron chi connectivity index (χ1n) is 5.68. The third-order valence-electron chi connectivity index (χ3n) is 2.72. The highest BCUT2D eigenvalue weighted by Gasteiger charge is 2.18. The van der Waals surface area contributed by atoms with Gasteiger partial charge in [0.05, 0.1) is 5.75 Å². The van der Waals surface area contributed by atoms with Crippen molar-refractivity contribution in [3.8, 4) is 11.1 Å². The summed E-state index contributed by atoms with van der Waals surface area (Å²) in [6.07, 6.45) is 1.35. The number of hydrogen-bond donors (Lipinski definition) is 0. The zero-order valence-corrected chi connectivity index (χ0v) is 12.8. The summed E-state index contributed by atoms with van der Waals surface area (Å²) in [5.74, 6) is -1.56. The van der Waals surface area contributed by atoms with Gasteiger partial charge in [-0.15, -0.1) is 0 Å². The summed E-state index contributed by atoms with van der Waals surface area (Å²) >= 11 is 3.07. The predicted octanol–water partition coefficient (Wildman–Crippen LogP) is 3.58. The van der Waals surface area contributed by atoms with E-state index >= 15 is 0 Å². The fourth-order valence-electron chi connectivity index (χ4n) is 1.68. The third kappa shape index (κ3) is 3.04. The molecule has 0 atom stereocenters. The molecule has 1 aromatic carbocycles. The molecule has 20 heavy (non-hydrogen) atoms. The van der Waals surface area contributed by atoms with Gasteiger partial charge in [0.2, 0.25) is 0 Å². The van der Waals surface area contributed by atoms with E-state index < -0.39 is 21.5 Å². The van der Waals surface area contributed by atoms with E-state index in [9.17, 15) is 17.2 Å². The largest absolute Gasteiger partial charge is 0.247 e. The first-order valence-corrected chi connectivity index (χ1v) is 8.13. The molecule has 2 rings (SSSR count). The second-order valence-corrected chi connectivity index (χ2v) is 7.07. The molecular weight excluding hydrogens is 352 g/mol. The van der Waals surface area contributed by atoms with E-state index in [1.54, 1.807) is 0 Å². The average Bonchev–Trinajstić information content (AvgIpc) is 2.37. The lowest BCUT2D eigenvalue weighted by atomic mass is 10.1. The van der Waals surface area contributed by atoms with Gasteiger partial charge in [0.15, 0.2) is 9.84 Å². The summed E-state index contributed by atoms with van der Waals surface area (Å²) in [6.45, 7) is 1.51. The van der Waals surface area contributed by atoms with Crippen LogP contribution in [0.1, 0.15) is 6.92 Å². The Bertz CT molecular complexity index is 743. The number of halogens is 3. The molecule has 0 saturated heterocycles. The Morgan fingerprint density at radius 1 is 1.10 bits per heavy atom. The van der Waals surface area contributed by atoms with Crippen molar-refractivity contribution in [2.45, 2.75) is 11.8 Å². The fourth-order valence-corrected chi connectivity index (χ4v) is 3.56. The first-order chi connectivity index (χ1) is 9.33. The van der Waals surface area contributed by atoms with Crippen molar-refractivity contribution in [3.63, 3.8) is 0 Å². The van der Waals surface area contributed by atoms with Crippen molar-refractivity contribution in [2.24, 2.45) is 0 Å². The van der Waals surface area contributed by atoms with Crippen LogP contribution in [0.5, 0.6) is 0 Å². The number of rotatable bonds is 3. The molecule has 0 radical (unpaired) electrons. The summed E-state index contributed by atoms with van der Waals surface area (Å²) in [5.41, 5.74) is 0.564. The van der Waals surface area contributed by atoms with E-state index in [2.05, 4.69) is 20.9 Å². The Balaban J connectivity index is 2.63. The summed E-state index contributed by atoms with van der Waals surface area (Å²) in [5, 5.41) is 0. The Morgan fingerprint density at radius 2 is 1.70 bits per heavy atom. The topological polar surface area (TPSA) is 47.0 Å². The van der Waals surface area contributed by atoms with E-state index in [1.165, 1.54) is 19.2 Å². The van der Waals surface area contributed by atoms with Crippen LogP contribution < -0.4 is 0 Å². The number of pyridine rings is 1. The van der Waals surface area contributed by atoms with Crippen LogP contribution in [0.25, 0.3) is 11.1 Å².